The third-order valence-corrected chi connectivity index (χ3v) is 0.785. The standard InChI is InChI=1S/C3H4F2O/c4-2-1-3(2,5)6/h2,6H,1H2. The lowest BCUT2D eigenvalue weighted by atomic mass is 10.8. The number of hydrogen-bond acceptors (Lipinski definition) is 1. The summed E-state index contributed by atoms with van der Waals surface area (Å²) in [4.78, 5) is 0. The van der Waals surface area contributed by atoms with Crippen molar-refractivity contribution in [3.8, 4) is 0 Å². The lowest BCUT2D eigenvalue weighted by Crippen LogP contribution is -1.99. The van der Waals surface area contributed by atoms with Crippen LogP contribution in [-0.4, -0.2) is 17.1 Å². The van der Waals surface area contributed by atoms with Gasteiger partial charge in [-0.15, -0.1) is 0 Å². The molecule has 2 atom stereocenters. The Morgan fingerprint density at radius 1 is 1.83 bits per heavy atom. The molecular weight excluding hydrogens is 90.0 g/mol. The predicted octanol–water partition coefficient (Wildman–Crippen LogP) is 0.386. The first-order valence-corrected chi connectivity index (χ1v) is 1.68. The molecule has 2 unspecified atom stereocenters. The first kappa shape index (κ1) is 3.99. The van der Waals surface area contributed by atoms with E-state index >= 15 is 0 Å². The van der Waals surface area contributed by atoms with E-state index in [9.17, 15) is 8.78 Å². The lowest BCUT2D eigenvalue weighted by molar-refractivity contribution is -0.00919. The summed E-state index contributed by atoms with van der Waals surface area (Å²) in [6.45, 7) is 0. The maximum absolute atomic E-state index is 11.4. The highest BCUT2D eigenvalue weighted by molar-refractivity contribution is 4.94. The first-order chi connectivity index (χ1) is 2.63. The second-order valence-corrected chi connectivity index (χ2v) is 1.49. The van der Waals surface area contributed by atoms with Gasteiger partial charge in [-0.1, -0.05) is 0 Å². The van der Waals surface area contributed by atoms with Gasteiger partial charge in [-0.2, -0.15) is 0 Å². The third-order valence-electron chi connectivity index (χ3n) is 0.785. The minimum atomic E-state index is -2.46. The molecule has 0 saturated heterocycles. The van der Waals surface area contributed by atoms with Crippen molar-refractivity contribution in [2.24, 2.45) is 0 Å². The van der Waals surface area contributed by atoms with Crippen LogP contribution in [0.15, 0.2) is 0 Å². The summed E-state index contributed by atoms with van der Waals surface area (Å²) in [6.07, 6.45) is -1.95. The zero-order valence-corrected chi connectivity index (χ0v) is 2.99. The van der Waals surface area contributed by atoms with Crippen molar-refractivity contribution in [2.75, 3.05) is 0 Å². The lowest BCUT2D eigenvalue weighted by Gasteiger charge is -1.84. The largest absolute Gasteiger partial charge is 0.359 e. The van der Waals surface area contributed by atoms with Crippen LogP contribution in [0.4, 0.5) is 8.78 Å². The number of hydrogen-bond donors (Lipinski definition) is 1. The van der Waals surface area contributed by atoms with Crippen LogP contribution in [0, 0.1) is 0 Å². The van der Waals surface area contributed by atoms with Crippen LogP contribution in [0.25, 0.3) is 0 Å². The Kier molecular flexibility index (Phi) is 0.485. The van der Waals surface area contributed by atoms with E-state index in [1.807, 2.05) is 0 Å². The fourth-order valence-corrected chi connectivity index (χ4v) is 0.192. The Labute approximate surface area is 33.6 Å². The predicted molar refractivity (Wildman–Crippen MR) is 15.6 cm³/mol. The highest BCUT2D eigenvalue weighted by Gasteiger charge is 2.55. The Morgan fingerprint density at radius 2 is 2.00 bits per heavy atom. The molecule has 1 aliphatic carbocycles. The molecule has 0 heterocycles. The summed E-state index contributed by atoms with van der Waals surface area (Å²) in [7, 11) is 0. The molecule has 0 aromatic heterocycles. The van der Waals surface area contributed by atoms with Crippen molar-refractivity contribution in [3.05, 3.63) is 0 Å². The molecule has 6 heavy (non-hydrogen) atoms. The van der Waals surface area contributed by atoms with E-state index in [0.29, 0.717) is 0 Å². The average molecular weight is 94.1 g/mol. The SMILES string of the molecule is OC1(F)CC1F. The van der Waals surface area contributed by atoms with Gasteiger partial charge in [0.05, 0.1) is 0 Å². The summed E-state index contributed by atoms with van der Waals surface area (Å²) in [5.41, 5.74) is 0. The maximum atomic E-state index is 11.4. The van der Waals surface area contributed by atoms with Crippen molar-refractivity contribution < 1.29 is 13.9 Å². The highest BCUT2D eigenvalue weighted by Crippen LogP contribution is 2.39. The minimum absolute atomic E-state index is 0.340. The van der Waals surface area contributed by atoms with Crippen molar-refractivity contribution in [3.63, 3.8) is 0 Å². The van der Waals surface area contributed by atoms with Gasteiger partial charge in [-0.05, 0) is 0 Å². The molecule has 1 saturated carbocycles. The summed E-state index contributed by atoms with van der Waals surface area (Å²) in [6, 6.07) is 0. The number of halogens is 2. The average Bonchev–Trinajstić information content (AvgIpc) is 1.73. The maximum Gasteiger partial charge on any atom is 0.241 e. The van der Waals surface area contributed by atoms with Gasteiger partial charge >= 0.3 is 0 Å². The minimum Gasteiger partial charge on any atom is -0.359 e. The van der Waals surface area contributed by atoms with Crippen molar-refractivity contribution in [1.29, 1.82) is 0 Å². The summed E-state index contributed by atoms with van der Waals surface area (Å²) < 4.78 is 22.6. The van der Waals surface area contributed by atoms with E-state index in [-0.39, 0.29) is 6.42 Å². The molecule has 36 valence electrons. The Balaban J connectivity index is 2.41. The van der Waals surface area contributed by atoms with E-state index in [0.717, 1.165) is 0 Å². The van der Waals surface area contributed by atoms with Crippen LogP contribution in [0.5, 0.6) is 0 Å². The van der Waals surface area contributed by atoms with Crippen molar-refractivity contribution >= 4 is 0 Å². The van der Waals surface area contributed by atoms with Gasteiger partial charge < -0.3 is 5.11 Å². The topological polar surface area (TPSA) is 20.2 Å². The van der Waals surface area contributed by atoms with Crippen LogP contribution in [0.3, 0.4) is 0 Å². The zero-order chi connectivity index (χ0) is 4.78. The number of alkyl halides is 2. The van der Waals surface area contributed by atoms with Gasteiger partial charge in [0.2, 0.25) is 5.85 Å². The molecule has 1 N–H and O–H groups in total. The highest BCUT2D eigenvalue weighted by atomic mass is 19.2. The molecule has 0 bridgehead atoms. The van der Waals surface area contributed by atoms with Gasteiger partial charge in [0.15, 0.2) is 6.17 Å². The van der Waals surface area contributed by atoms with Gasteiger partial charge in [0.1, 0.15) is 0 Å². The molecular formula is C3H4F2O. The molecule has 0 aromatic carbocycles. The Bertz CT molecular complexity index is 71.2. The van der Waals surface area contributed by atoms with E-state index < -0.39 is 12.0 Å². The van der Waals surface area contributed by atoms with Gasteiger partial charge in [0, 0.05) is 6.42 Å². The van der Waals surface area contributed by atoms with Crippen LogP contribution in [0.2, 0.25) is 0 Å². The molecule has 0 radical (unpaired) electrons. The third kappa shape index (κ3) is 0.391. The quantitative estimate of drug-likeness (QED) is 0.460. The summed E-state index contributed by atoms with van der Waals surface area (Å²) in [5.74, 6) is -2.46. The van der Waals surface area contributed by atoms with E-state index in [2.05, 4.69) is 0 Å². The molecule has 0 aromatic rings. The van der Waals surface area contributed by atoms with E-state index in [4.69, 9.17) is 5.11 Å². The van der Waals surface area contributed by atoms with Crippen LogP contribution in [0.1, 0.15) is 6.42 Å². The van der Waals surface area contributed by atoms with Crippen molar-refractivity contribution in [1.82, 2.24) is 0 Å². The number of rotatable bonds is 0. The molecule has 0 aliphatic heterocycles. The van der Waals surface area contributed by atoms with Gasteiger partial charge in [-0.3, -0.25) is 0 Å². The van der Waals surface area contributed by atoms with E-state index in [1.165, 1.54) is 0 Å². The molecule has 1 fully saturated rings. The molecule has 0 spiro atoms. The van der Waals surface area contributed by atoms with Crippen LogP contribution < -0.4 is 0 Å². The molecule has 0 amide bonds. The van der Waals surface area contributed by atoms with Gasteiger partial charge in [0.25, 0.3) is 0 Å². The molecule has 1 nitrogen and oxygen atoms in total. The molecule has 3 heteroatoms. The van der Waals surface area contributed by atoms with Crippen molar-refractivity contribution in [2.45, 2.75) is 18.4 Å². The normalized spacial score (nSPS) is 55.5. The fraction of sp³-hybridized carbons (Fsp3) is 1.00. The zero-order valence-electron chi connectivity index (χ0n) is 2.99. The monoisotopic (exact) mass is 94.0 g/mol. The second kappa shape index (κ2) is 0.729. The van der Waals surface area contributed by atoms with Crippen LogP contribution >= 0.6 is 0 Å². The summed E-state index contributed by atoms with van der Waals surface area (Å²) in [5, 5.41) is 7.86. The second-order valence-electron chi connectivity index (χ2n) is 1.49. The molecule has 1 rings (SSSR count). The Hall–Kier alpha value is -0.180. The molecule has 1 aliphatic rings. The van der Waals surface area contributed by atoms with E-state index in [1.54, 1.807) is 0 Å². The first-order valence-electron chi connectivity index (χ1n) is 1.68. The van der Waals surface area contributed by atoms with Crippen LogP contribution in [-0.2, 0) is 0 Å². The fourth-order valence-electron chi connectivity index (χ4n) is 0.192. The smallest absolute Gasteiger partial charge is 0.241 e. The Morgan fingerprint density at radius 3 is 2.00 bits per heavy atom. The summed E-state index contributed by atoms with van der Waals surface area (Å²) >= 11 is 0. The van der Waals surface area contributed by atoms with Gasteiger partial charge in [-0.25, -0.2) is 8.78 Å². The number of aliphatic hydroxyl groups is 1.